The molecule has 2 N–H and O–H groups in total. The summed E-state index contributed by atoms with van der Waals surface area (Å²) in [5.41, 5.74) is 3.64. The highest BCUT2D eigenvalue weighted by Crippen LogP contribution is 2.22. The second kappa shape index (κ2) is 9.38. The molecule has 3 heterocycles. The monoisotopic (exact) mass is 476 g/mol. The Kier molecular flexibility index (Phi) is 6.14. The quantitative estimate of drug-likeness (QED) is 0.423. The summed E-state index contributed by atoms with van der Waals surface area (Å²) in [6.45, 7) is 0.912. The molecule has 2 aromatic carbocycles. The second-order valence-corrected chi connectivity index (χ2v) is 9.90. The van der Waals surface area contributed by atoms with Crippen LogP contribution >= 0.6 is 0 Å². The van der Waals surface area contributed by atoms with E-state index >= 15 is 0 Å². The van der Waals surface area contributed by atoms with Crippen LogP contribution in [0.25, 0.3) is 16.9 Å². The lowest BCUT2D eigenvalue weighted by molar-refractivity contribution is 0.102. The molecular weight excluding hydrogens is 452 g/mol. The van der Waals surface area contributed by atoms with Crippen molar-refractivity contribution in [2.75, 3.05) is 18.5 Å². The first-order valence-corrected chi connectivity index (χ1v) is 12.5. The van der Waals surface area contributed by atoms with Crippen molar-refractivity contribution in [3.8, 4) is 11.3 Å². The molecule has 1 atom stereocenters. The second-order valence-electron chi connectivity index (χ2n) is 8.14. The fourth-order valence-electron chi connectivity index (χ4n) is 3.88. The Morgan fingerprint density at radius 3 is 2.56 bits per heavy atom. The van der Waals surface area contributed by atoms with Crippen LogP contribution in [0.3, 0.4) is 0 Å². The maximum atomic E-state index is 12.6. The predicted octanol–water partition coefficient (Wildman–Crippen LogP) is 3.71. The van der Waals surface area contributed by atoms with E-state index in [0.29, 0.717) is 17.9 Å². The van der Waals surface area contributed by atoms with Gasteiger partial charge in [0.15, 0.2) is 0 Å². The van der Waals surface area contributed by atoms with Crippen LogP contribution in [0, 0.1) is 0 Å². The molecule has 1 saturated heterocycles. The molecule has 174 valence electrons. The first-order chi connectivity index (χ1) is 16.5. The number of amides is 1. The van der Waals surface area contributed by atoms with Gasteiger partial charge in [-0.15, -0.1) is 0 Å². The maximum Gasteiger partial charge on any atom is 0.255 e. The molecule has 1 fully saturated rings. The van der Waals surface area contributed by atoms with Crippen molar-refractivity contribution in [2.45, 2.75) is 23.8 Å². The van der Waals surface area contributed by atoms with Crippen molar-refractivity contribution in [2.24, 2.45) is 0 Å². The zero-order valence-electron chi connectivity index (χ0n) is 18.3. The number of carbonyl (C=O) groups excluding carboxylic acids is 1. The number of carbonyl (C=O) groups is 1. The lowest BCUT2D eigenvalue weighted by Crippen LogP contribution is -2.31. The molecule has 8 nitrogen and oxygen atoms in total. The number of benzene rings is 2. The minimum atomic E-state index is -3.66. The Labute approximate surface area is 197 Å². The molecule has 1 aliphatic heterocycles. The molecule has 0 radical (unpaired) electrons. The van der Waals surface area contributed by atoms with E-state index in [2.05, 4.69) is 15.0 Å². The molecule has 0 spiro atoms. The van der Waals surface area contributed by atoms with Gasteiger partial charge in [0.25, 0.3) is 5.91 Å². The van der Waals surface area contributed by atoms with Crippen LogP contribution in [-0.4, -0.2) is 43.0 Å². The molecule has 34 heavy (non-hydrogen) atoms. The normalized spacial score (nSPS) is 16.1. The number of pyridine rings is 1. The smallest absolute Gasteiger partial charge is 0.255 e. The zero-order chi connectivity index (χ0) is 23.5. The van der Waals surface area contributed by atoms with E-state index in [1.807, 2.05) is 59.3 Å². The molecule has 0 aliphatic carbocycles. The summed E-state index contributed by atoms with van der Waals surface area (Å²) in [6.07, 6.45) is 5.60. The number of hydrogen-bond donors (Lipinski definition) is 2. The van der Waals surface area contributed by atoms with Gasteiger partial charge in [-0.05, 0) is 61.4 Å². The van der Waals surface area contributed by atoms with Gasteiger partial charge in [-0.2, -0.15) is 0 Å². The molecule has 5 rings (SSSR count). The van der Waals surface area contributed by atoms with Crippen LogP contribution in [-0.2, 0) is 14.8 Å². The minimum Gasteiger partial charge on any atom is -0.377 e. The van der Waals surface area contributed by atoms with Gasteiger partial charge in [-0.25, -0.2) is 18.1 Å². The van der Waals surface area contributed by atoms with Gasteiger partial charge in [0.05, 0.1) is 16.7 Å². The Hall–Kier alpha value is -3.53. The van der Waals surface area contributed by atoms with Crippen molar-refractivity contribution >= 4 is 27.3 Å². The summed E-state index contributed by atoms with van der Waals surface area (Å²) in [5, 5.41) is 2.84. The number of anilines is 1. The molecule has 9 heteroatoms. The van der Waals surface area contributed by atoms with Crippen molar-refractivity contribution in [1.82, 2.24) is 14.1 Å². The number of sulfonamides is 1. The van der Waals surface area contributed by atoms with E-state index < -0.39 is 10.0 Å². The number of nitrogens with one attached hydrogen (secondary N) is 2. The van der Waals surface area contributed by atoms with Crippen LogP contribution in [0.5, 0.6) is 0 Å². The van der Waals surface area contributed by atoms with Crippen LogP contribution in [0.4, 0.5) is 5.69 Å². The number of ether oxygens (including phenoxy) is 1. The summed E-state index contributed by atoms with van der Waals surface area (Å²) >= 11 is 0. The largest absolute Gasteiger partial charge is 0.377 e. The lowest BCUT2D eigenvalue weighted by Gasteiger charge is -2.12. The Morgan fingerprint density at radius 2 is 1.85 bits per heavy atom. The van der Waals surface area contributed by atoms with Crippen LogP contribution in [0.15, 0.2) is 84.0 Å². The summed E-state index contributed by atoms with van der Waals surface area (Å²) < 4.78 is 35.0. The first-order valence-electron chi connectivity index (χ1n) is 11.0. The van der Waals surface area contributed by atoms with E-state index in [9.17, 15) is 13.2 Å². The van der Waals surface area contributed by atoms with E-state index in [0.717, 1.165) is 29.7 Å². The van der Waals surface area contributed by atoms with Crippen LogP contribution < -0.4 is 10.0 Å². The van der Waals surface area contributed by atoms with Crippen molar-refractivity contribution < 1.29 is 17.9 Å². The number of rotatable bonds is 7. The fourth-order valence-corrected chi connectivity index (χ4v) is 4.94. The summed E-state index contributed by atoms with van der Waals surface area (Å²) in [5.74, 6) is -0.322. The summed E-state index contributed by atoms with van der Waals surface area (Å²) in [7, 11) is -3.66. The third-order valence-electron chi connectivity index (χ3n) is 5.75. The summed E-state index contributed by atoms with van der Waals surface area (Å²) in [4.78, 5) is 17.3. The third kappa shape index (κ3) is 4.86. The zero-order valence-corrected chi connectivity index (χ0v) is 19.2. The molecule has 4 aromatic rings. The molecule has 0 bridgehead atoms. The highest BCUT2D eigenvalue weighted by atomic mass is 32.2. The Balaban J connectivity index is 1.22. The van der Waals surface area contributed by atoms with E-state index in [1.54, 1.807) is 0 Å². The fraction of sp³-hybridized carbons (Fsp3) is 0.200. The SMILES string of the molecule is O=C(Nc1ccc(-c2cn3ccccc3n2)cc1)c1ccc(S(=O)(=O)NCC2CCCO2)cc1. The predicted molar refractivity (Wildman–Crippen MR) is 129 cm³/mol. The highest BCUT2D eigenvalue weighted by molar-refractivity contribution is 7.89. The maximum absolute atomic E-state index is 12.6. The van der Waals surface area contributed by atoms with E-state index in [-0.39, 0.29) is 23.5 Å². The average Bonchev–Trinajstić information content (AvgIpc) is 3.53. The molecule has 1 amide bonds. The average molecular weight is 477 g/mol. The number of hydrogen-bond acceptors (Lipinski definition) is 5. The van der Waals surface area contributed by atoms with E-state index in [4.69, 9.17) is 4.74 Å². The number of fused-ring (bicyclic) bond motifs is 1. The van der Waals surface area contributed by atoms with Gasteiger partial charge in [-0.1, -0.05) is 18.2 Å². The number of imidazole rings is 1. The van der Waals surface area contributed by atoms with Gasteiger partial charge in [0, 0.05) is 42.4 Å². The van der Waals surface area contributed by atoms with E-state index in [1.165, 1.54) is 24.3 Å². The lowest BCUT2D eigenvalue weighted by atomic mass is 10.1. The molecule has 1 aliphatic rings. The topological polar surface area (TPSA) is 102 Å². The molecular formula is C25H24N4O4S. The molecule has 2 aromatic heterocycles. The van der Waals surface area contributed by atoms with Crippen molar-refractivity contribution in [1.29, 1.82) is 0 Å². The van der Waals surface area contributed by atoms with Gasteiger partial charge in [0.1, 0.15) is 5.65 Å². The van der Waals surface area contributed by atoms with Crippen molar-refractivity contribution in [3.63, 3.8) is 0 Å². The third-order valence-corrected chi connectivity index (χ3v) is 7.19. The first kappa shape index (κ1) is 22.3. The molecule has 0 saturated carbocycles. The summed E-state index contributed by atoms with van der Waals surface area (Å²) in [6, 6.07) is 19.1. The Bertz CT molecular complexity index is 1370. The van der Waals surface area contributed by atoms with Gasteiger partial charge >= 0.3 is 0 Å². The molecule has 1 unspecified atom stereocenters. The number of nitrogens with zero attached hydrogens (tertiary/aromatic N) is 2. The van der Waals surface area contributed by atoms with Gasteiger partial charge in [-0.3, -0.25) is 4.79 Å². The van der Waals surface area contributed by atoms with Gasteiger partial charge < -0.3 is 14.5 Å². The number of aromatic nitrogens is 2. The van der Waals surface area contributed by atoms with Crippen LogP contribution in [0.2, 0.25) is 0 Å². The van der Waals surface area contributed by atoms with Crippen LogP contribution in [0.1, 0.15) is 23.2 Å². The van der Waals surface area contributed by atoms with Crippen molar-refractivity contribution in [3.05, 3.63) is 84.7 Å². The minimum absolute atomic E-state index is 0.0843. The highest BCUT2D eigenvalue weighted by Gasteiger charge is 2.20. The Morgan fingerprint density at radius 1 is 1.06 bits per heavy atom. The standard InChI is InChI=1S/C25H24N4O4S/c30-25(19-8-12-22(13-9-19)34(31,32)26-16-21-4-3-15-33-21)27-20-10-6-18(7-11-20)23-17-29-14-2-1-5-24(29)28-23/h1-2,5-14,17,21,26H,3-4,15-16H2,(H,27,30). The van der Waals surface area contributed by atoms with Gasteiger partial charge in [0.2, 0.25) is 10.0 Å².